The summed E-state index contributed by atoms with van der Waals surface area (Å²) in [4.78, 5) is 4.68. The highest BCUT2D eigenvalue weighted by molar-refractivity contribution is 8.00. The molecule has 1 heterocycles. The van der Waals surface area contributed by atoms with Crippen molar-refractivity contribution in [1.29, 1.82) is 0 Å². The second-order valence-corrected chi connectivity index (χ2v) is 8.43. The van der Waals surface area contributed by atoms with E-state index >= 15 is 0 Å². The summed E-state index contributed by atoms with van der Waals surface area (Å²) in [5, 5.41) is 0.758. The van der Waals surface area contributed by atoms with Gasteiger partial charge in [0.2, 0.25) is 0 Å². The van der Waals surface area contributed by atoms with Crippen molar-refractivity contribution in [1.82, 2.24) is 9.55 Å². The maximum absolute atomic E-state index is 12.3. The summed E-state index contributed by atoms with van der Waals surface area (Å²) < 4.78 is 31.8. The summed E-state index contributed by atoms with van der Waals surface area (Å²) in [5.74, 6) is 1.29. The molecule has 0 fully saturated rings. The molecule has 1 aromatic heterocycles. The van der Waals surface area contributed by atoms with E-state index in [4.69, 9.17) is 4.74 Å². The van der Waals surface area contributed by atoms with E-state index in [0.29, 0.717) is 10.6 Å². The van der Waals surface area contributed by atoms with E-state index in [2.05, 4.69) is 4.98 Å². The van der Waals surface area contributed by atoms with E-state index in [0.717, 1.165) is 16.6 Å². The third-order valence-electron chi connectivity index (χ3n) is 3.64. The fraction of sp³-hybridized carbons (Fsp3) is 0.167. The Morgan fingerprint density at radius 2 is 1.80 bits per heavy atom. The molecule has 0 aliphatic heterocycles. The van der Waals surface area contributed by atoms with Crippen LogP contribution in [-0.2, 0) is 9.84 Å². The van der Waals surface area contributed by atoms with Crippen LogP contribution in [0.3, 0.4) is 0 Å². The Kier molecular flexibility index (Phi) is 5.45. The number of rotatable bonds is 7. The summed E-state index contributed by atoms with van der Waals surface area (Å²) in [6, 6.07) is 16.1. The molecule has 2 aromatic carbocycles. The second kappa shape index (κ2) is 7.76. The summed E-state index contributed by atoms with van der Waals surface area (Å²) in [6.07, 6.45) is 3.56. The number of aromatic nitrogens is 2. The highest BCUT2D eigenvalue weighted by atomic mass is 32.2. The van der Waals surface area contributed by atoms with Crippen molar-refractivity contribution in [3.8, 4) is 11.4 Å². The number of hydrogen-bond donors (Lipinski definition) is 0. The standard InChI is InChI=1S/C18H18N2O3S2/c1-23-16-9-7-15(8-10-16)20-12-11-19-18(20)24-13-14-25(21,22)17-5-3-2-4-6-17/h2-12H,13-14H2,1H3. The summed E-state index contributed by atoms with van der Waals surface area (Å²) in [5.41, 5.74) is 0.951. The maximum Gasteiger partial charge on any atom is 0.179 e. The first kappa shape index (κ1) is 17.6. The normalized spacial score (nSPS) is 11.4. The van der Waals surface area contributed by atoms with Crippen LogP contribution in [0, 0.1) is 0 Å². The zero-order valence-corrected chi connectivity index (χ0v) is 15.3. The van der Waals surface area contributed by atoms with Crippen LogP contribution < -0.4 is 4.74 Å². The van der Waals surface area contributed by atoms with Gasteiger partial charge in [-0.25, -0.2) is 13.4 Å². The molecule has 0 N–H and O–H groups in total. The molecule has 25 heavy (non-hydrogen) atoms. The van der Waals surface area contributed by atoms with Crippen molar-refractivity contribution in [2.24, 2.45) is 0 Å². The molecule has 0 bridgehead atoms. The van der Waals surface area contributed by atoms with Crippen LogP contribution in [0.5, 0.6) is 5.75 Å². The minimum atomic E-state index is -3.27. The lowest BCUT2D eigenvalue weighted by molar-refractivity contribution is 0.414. The molecule has 0 amide bonds. The highest BCUT2D eigenvalue weighted by Crippen LogP contribution is 2.23. The topological polar surface area (TPSA) is 61.2 Å². The van der Waals surface area contributed by atoms with Crippen molar-refractivity contribution in [3.05, 3.63) is 67.0 Å². The van der Waals surface area contributed by atoms with Crippen molar-refractivity contribution < 1.29 is 13.2 Å². The van der Waals surface area contributed by atoms with Gasteiger partial charge < -0.3 is 4.74 Å². The number of hydrogen-bond acceptors (Lipinski definition) is 5. The van der Waals surface area contributed by atoms with E-state index in [1.165, 1.54) is 11.8 Å². The lowest BCUT2D eigenvalue weighted by Crippen LogP contribution is -2.09. The summed E-state index contributed by atoms with van der Waals surface area (Å²) in [7, 11) is -1.65. The molecule has 0 spiro atoms. The molecule has 0 unspecified atom stereocenters. The Hall–Kier alpha value is -2.25. The minimum Gasteiger partial charge on any atom is -0.497 e. The molecule has 0 radical (unpaired) electrons. The molecule has 0 saturated heterocycles. The number of thioether (sulfide) groups is 1. The van der Waals surface area contributed by atoms with E-state index in [-0.39, 0.29) is 5.75 Å². The molecule has 130 valence electrons. The Bertz CT molecular complexity index is 920. The van der Waals surface area contributed by atoms with Gasteiger partial charge in [-0.2, -0.15) is 0 Å². The molecule has 5 nitrogen and oxygen atoms in total. The van der Waals surface area contributed by atoms with Gasteiger partial charge in [0.15, 0.2) is 15.0 Å². The van der Waals surface area contributed by atoms with Gasteiger partial charge in [0, 0.05) is 23.8 Å². The van der Waals surface area contributed by atoms with Crippen LogP contribution >= 0.6 is 11.8 Å². The second-order valence-electron chi connectivity index (χ2n) is 5.26. The average molecular weight is 374 g/mol. The summed E-state index contributed by atoms with van der Waals surface area (Å²) >= 11 is 1.42. The molecule has 3 rings (SSSR count). The van der Waals surface area contributed by atoms with Crippen molar-refractivity contribution in [2.45, 2.75) is 10.1 Å². The number of nitrogens with zero attached hydrogens (tertiary/aromatic N) is 2. The highest BCUT2D eigenvalue weighted by Gasteiger charge is 2.15. The van der Waals surface area contributed by atoms with E-state index in [9.17, 15) is 8.42 Å². The lowest BCUT2D eigenvalue weighted by Gasteiger charge is -2.09. The average Bonchev–Trinajstić information content (AvgIpc) is 3.11. The first-order valence-corrected chi connectivity index (χ1v) is 10.3. The van der Waals surface area contributed by atoms with Gasteiger partial charge in [0.1, 0.15) is 5.75 Å². The molecule has 3 aromatic rings. The smallest absolute Gasteiger partial charge is 0.179 e. The monoisotopic (exact) mass is 374 g/mol. The van der Waals surface area contributed by atoms with Gasteiger partial charge in [-0.15, -0.1) is 0 Å². The van der Waals surface area contributed by atoms with Crippen LogP contribution in [0.4, 0.5) is 0 Å². The van der Waals surface area contributed by atoms with Crippen LogP contribution in [0.15, 0.2) is 77.0 Å². The van der Waals surface area contributed by atoms with Crippen LogP contribution in [0.2, 0.25) is 0 Å². The van der Waals surface area contributed by atoms with Crippen LogP contribution in [0.1, 0.15) is 0 Å². The third kappa shape index (κ3) is 4.24. The number of benzene rings is 2. The number of imidazole rings is 1. The van der Waals surface area contributed by atoms with Crippen LogP contribution in [-0.4, -0.2) is 36.6 Å². The van der Waals surface area contributed by atoms with E-state index in [1.54, 1.807) is 43.6 Å². The zero-order valence-electron chi connectivity index (χ0n) is 13.7. The van der Waals surface area contributed by atoms with Crippen molar-refractivity contribution in [2.75, 3.05) is 18.6 Å². The number of sulfone groups is 1. The van der Waals surface area contributed by atoms with E-state index in [1.807, 2.05) is 35.0 Å². The molecule has 0 atom stereocenters. The van der Waals surface area contributed by atoms with Crippen molar-refractivity contribution >= 4 is 21.6 Å². The van der Waals surface area contributed by atoms with Gasteiger partial charge in [-0.1, -0.05) is 30.0 Å². The molecule has 7 heteroatoms. The number of ether oxygens (including phenoxy) is 1. The Morgan fingerprint density at radius 3 is 2.48 bits per heavy atom. The Balaban J connectivity index is 1.68. The molecule has 0 aliphatic rings. The fourth-order valence-electron chi connectivity index (χ4n) is 2.32. The van der Waals surface area contributed by atoms with Gasteiger partial charge in [-0.3, -0.25) is 4.57 Å². The lowest BCUT2D eigenvalue weighted by atomic mass is 10.3. The summed E-state index contributed by atoms with van der Waals surface area (Å²) in [6.45, 7) is 0. The van der Waals surface area contributed by atoms with Gasteiger partial charge >= 0.3 is 0 Å². The third-order valence-corrected chi connectivity index (χ3v) is 6.60. The van der Waals surface area contributed by atoms with Crippen molar-refractivity contribution in [3.63, 3.8) is 0 Å². The number of methoxy groups -OCH3 is 1. The van der Waals surface area contributed by atoms with Crippen LogP contribution in [0.25, 0.3) is 5.69 Å². The molecular formula is C18H18N2O3S2. The van der Waals surface area contributed by atoms with Gasteiger partial charge in [-0.05, 0) is 36.4 Å². The predicted molar refractivity (Wildman–Crippen MR) is 99.3 cm³/mol. The Morgan fingerprint density at radius 1 is 1.08 bits per heavy atom. The van der Waals surface area contributed by atoms with Gasteiger partial charge in [0.25, 0.3) is 0 Å². The SMILES string of the molecule is COc1ccc(-n2ccnc2SCCS(=O)(=O)c2ccccc2)cc1. The molecular weight excluding hydrogens is 356 g/mol. The van der Waals surface area contributed by atoms with E-state index < -0.39 is 9.84 Å². The largest absolute Gasteiger partial charge is 0.497 e. The maximum atomic E-state index is 12.3. The zero-order chi connectivity index (χ0) is 17.7. The first-order valence-electron chi connectivity index (χ1n) is 7.68. The first-order chi connectivity index (χ1) is 12.1. The van der Waals surface area contributed by atoms with Gasteiger partial charge in [0.05, 0.1) is 17.8 Å². The molecule has 0 saturated carbocycles. The molecule has 0 aliphatic carbocycles. The minimum absolute atomic E-state index is 0.0666. The Labute approximate surface area is 151 Å². The fourth-order valence-corrected chi connectivity index (χ4v) is 4.97. The predicted octanol–water partition coefficient (Wildman–Crippen LogP) is 3.45. The quantitative estimate of drug-likeness (QED) is 0.593.